The van der Waals surface area contributed by atoms with Crippen molar-refractivity contribution >= 4 is 27.8 Å². The molecule has 3 aromatic carbocycles. The summed E-state index contributed by atoms with van der Waals surface area (Å²) in [5.41, 5.74) is 5.34. The fourth-order valence-electron chi connectivity index (χ4n) is 4.67. The van der Waals surface area contributed by atoms with Crippen LogP contribution in [-0.4, -0.2) is 22.3 Å². The third kappa shape index (κ3) is 2.57. The fourth-order valence-corrected chi connectivity index (χ4v) is 4.67. The summed E-state index contributed by atoms with van der Waals surface area (Å²) in [7, 11) is 0. The van der Waals surface area contributed by atoms with Crippen LogP contribution in [0.15, 0.2) is 89.3 Å². The minimum atomic E-state index is -0.178. The normalized spacial score (nSPS) is 16.1. The van der Waals surface area contributed by atoms with Crippen LogP contribution in [0.2, 0.25) is 0 Å². The van der Waals surface area contributed by atoms with Crippen molar-refractivity contribution in [3.05, 3.63) is 108 Å². The zero-order valence-corrected chi connectivity index (χ0v) is 16.3. The highest BCUT2D eigenvalue weighted by molar-refractivity contribution is 5.97. The monoisotopic (exact) mass is 392 g/mol. The second-order valence-electron chi connectivity index (χ2n) is 7.77. The number of benzene rings is 3. The van der Waals surface area contributed by atoms with Gasteiger partial charge in [-0.1, -0.05) is 66.7 Å². The molecule has 0 aliphatic carbocycles. The van der Waals surface area contributed by atoms with E-state index in [1.165, 1.54) is 10.9 Å². The average molecular weight is 392 g/mol. The predicted molar refractivity (Wildman–Crippen MR) is 118 cm³/mol. The lowest BCUT2D eigenvalue weighted by Gasteiger charge is -2.35. The van der Waals surface area contributed by atoms with E-state index >= 15 is 0 Å². The minimum absolute atomic E-state index is 0.0793. The topological polar surface area (TPSA) is 49.2 Å². The van der Waals surface area contributed by atoms with Crippen LogP contribution >= 0.6 is 0 Å². The molecule has 1 unspecified atom stereocenters. The molecule has 0 spiro atoms. The van der Waals surface area contributed by atoms with Crippen LogP contribution in [0, 0.1) is 0 Å². The molecule has 1 aliphatic heterocycles. The highest BCUT2D eigenvalue weighted by atomic mass is 16.3. The molecule has 0 fully saturated rings. The largest absolute Gasteiger partial charge is 0.451 e. The van der Waals surface area contributed by atoms with Gasteiger partial charge in [0, 0.05) is 28.5 Å². The molecule has 0 radical (unpaired) electrons. The van der Waals surface area contributed by atoms with Gasteiger partial charge in [0.05, 0.1) is 6.04 Å². The number of carbonyl (C=O) groups is 1. The molecule has 6 rings (SSSR count). The summed E-state index contributed by atoms with van der Waals surface area (Å²) in [6, 6.07) is 28.0. The van der Waals surface area contributed by atoms with Gasteiger partial charge in [0.15, 0.2) is 5.76 Å². The van der Waals surface area contributed by atoms with Crippen molar-refractivity contribution in [2.45, 2.75) is 12.5 Å². The van der Waals surface area contributed by atoms with Crippen molar-refractivity contribution in [2.24, 2.45) is 0 Å². The second kappa shape index (κ2) is 6.63. The molecular weight excluding hydrogens is 372 g/mol. The van der Waals surface area contributed by atoms with Gasteiger partial charge < -0.3 is 14.3 Å². The second-order valence-corrected chi connectivity index (χ2v) is 7.77. The number of nitrogens with zero attached hydrogens (tertiary/aromatic N) is 1. The number of nitrogens with one attached hydrogen (secondary N) is 1. The standard InChI is InChI=1S/C26H20N2O2/c29-26(23-16-18-10-4-7-13-22(18)30-23)28-15-14-20-19-11-5-6-12-21(19)27-24(20)25(28)17-8-2-1-3-9-17/h1-13,16,25,27H,14-15H2. The summed E-state index contributed by atoms with van der Waals surface area (Å²) in [5.74, 6) is 0.307. The molecule has 1 atom stereocenters. The van der Waals surface area contributed by atoms with Crippen molar-refractivity contribution in [1.82, 2.24) is 9.88 Å². The van der Waals surface area contributed by atoms with Crippen LogP contribution in [0.4, 0.5) is 0 Å². The summed E-state index contributed by atoms with van der Waals surface area (Å²) in [6.07, 6.45) is 0.814. The van der Waals surface area contributed by atoms with Crippen LogP contribution in [0.1, 0.15) is 33.4 Å². The Morgan fingerprint density at radius 2 is 1.70 bits per heavy atom. The molecule has 0 saturated heterocycles. The number of hydrogen-bond donors (Lipinski definition) is 1. The van der Waals surface area contributed by atoms with Crippen LogP contribution < -0.4 is 0 Å². The van der Waals surface area contributed by atoms with E-state index in [1.54, 1.807) is 0 Å². The van der Waals surface area contributed by atoms with E-state index in [9.17, 15) is 4.79 Å². The zero-order valence-electron chi connectivity index (χ0n) is 16.3. The molecule has 0 bridgehead atoms. The number of fused-ring (bicyclic) bond motifs is 4. The van der Waals surface area contributed by atoms with Gasteiger partial charge in [-0.15, -0.1) is 0 Å². The highest BCUT2D eigenvalue weighted by Crippen LogP contribution is 2.39. The first-order valence-corrected chi connectivity index (χ1v) is 10.2. The Morgan fingerprint density at radius 1 is 0.933 bits per heavy atom. The van der Waals surface area contributed by atoms with Crippen molar-refractivity contribution in [3.63, 3.8) is 0 Å². The summed E-state index contributed by atoms with van der Waals surface area (Å²) < 4.78 is 5.91. The number of furan rings is 1. The number of rotatable bonds is 2. The third-order valence-electron chi connectivity index (χ3n) is 6.05. The lowest BCUT2D eigenvalue weighted by atomic mass is 9.92. The van der Waals surface area contributed by atoms with Crippen molar-refractivity contribution in [2.75, 3.05) is 6.54 Å². The van der Waals surface area contributed by atoms with Gasteiger partial charge >= 0.3 is 0 Å². The lowest BCUT2D eigenvalue weighted by molar-refractivity contribution is 0.0662. The number of H-pyrrole nitrogens is 1. The Morgan fingerprint density at radius 3 is 2.57 bits per heavy atom. The van der Waals surface area contributed by atoms with Gasteiger partial charge in [-0.2, -0.15) is 0 Å². The van der Waals surface area contributed by atoms with Crippen molar-refractivity contribution in [3.8, 4) is 0 Å². The molecule has 0 saturated carbocycles. The summed E-state index contributed by atoms with van der Waals surface area (Å²) >= 11 is 0. The Bertz CT molecular complexity index is 1350. The SMILES string of the molecule is O=C(c1cc2ccccc2o1)N1CCc2c([nH]c3ccccc23)C1c1ccccc1. The van der Waals surface area contributed by atoms with Crippen molar-refractivity contribution < 1.29 is 9.21 Å². The Balaban J connectivity index is 1.50. The molecular formula is C26H20N2O2. The molecule has 4 nitrogen and oxygen atoms in total. The first kappa shape index (κ1) is 17.1. The maximum Gasteiger partial charge on any atom is 0.290 e. The first-order chi connectivity index (χ1) is 14.8. The van der Waals surface area contributed by atoms with E-state index in [0.717, 1.165) is 34.2 Å². The molecule has 3 heterocycles. The summed E-state index contributed by atoms with van der Waals surface area (Å²) in [5, 5.41) is 2.18. The quantitative estimate of drug-likeness (QED) is 0.419. The lowest BCUT2D eigenvalue weighted by Crippen LogP contribution is -2.40. The minimum Gasteiger partial charge on any atom is -0.451 e. The summed E-state index contributed by atoms with van der Waals surface area (Å²) in [4.78, 5) is 19.1. The van der Waals surface area contributed by atoms with E-state index in [4.69, 9.17) is 4.42 Å². The van der Waals surface area contributed by atoms with Crippen LogP contribution in [0.25, 0.3) is 21.9 Å². The number of para-hydroxylation sites is 2. The molecule has 146 valence electrons. The number of aromatic amines is 1. The van der Waals surface area contributed by atoms with Crippen LogP contribution in [0.3, 0.4) is 0 Å². The van der Waals surface area contributed by atoms with Gasteiger partial charge in [0.2, 0.25) is 0 Å². The molecule has 4 heteroatoms. The highest BCUT2D eigenvalue weighted by Gasteiger charge is 2.35. The van der Waals surface area contributed by atoms with E-state index in [-0.39, 0.29) is 11.9 Å². The third-order valence-corrected chi connectivity index (χ3v) is 6.05. The molecule has 1 N–H and O–H groups in total. The average Bonchev–Trinajstić information content (AvgIpc) is 3.40. The zero-order chi connectivity index (χ0) is 20.1. The summed E-state index contributed by atoms with van der Waals surface area (Å²) in [6.45, 7) is 0.643. The molecule has 5 aromatic rings. The van der Waals surface area contributed by atoms with E-state index < -0.39 is 0 Å². The Hall–Kier alpha value is -3.79. The van der Waals surface area contributed by atoms with Gasteiger partial charge in [-0.3, -0.25) is 4.79 Å². The molecule has 1 aliphatic rings. The van der Waals surface area contributed by atoms with Gasteiger partial charge in [-0.25, -0.2) is 0 Å². The number of carbonyl (C=O) groups excluding carboxylic acids is 1. The first-order valence-electron chi connectivity index (χ1n) is 10.2. The van der Waals surface area contributed by atoms with E-state index in [2.05, 4.69) is 35.3 Å². The number of amides is 1. The van der Waals surface area contributed by atoms with E-state index in [0.29, 0.717) is 12.3 Å². The predicted octanol–water partition coefficient (Wildman–Crippen LogP) is 5.70. The molecule has 30 heavy (non-hydrogen) atoms. The Labute approximate surface area is 173 Å². The fraction of sp³-hybridized carbons (Fsp3) is 0.115. The maximum absolute atomic E-state index is 13.6. The molecule has 2 aromatic heterocycles. The maximum atomic E-state index is 13.6. The van der Waals surface area contributed by atoms with E-state index in [1.807, 2.05) is 59.5 Å². The molecule has 1 amide bonds. The van der Waals surface area contributed by atoms with Crippen LogP contribution in [-0.2, 0) is 6.42 Å². The smallest absolute Gasteiger partial charge is 0.290 e. The number of aromatic nitrogens is 1. The number of hydrogen-bond acceptors (Lipinski definition) is 2. The van der Waals surface area contributed by atoms with Crippen molar-refractivity contribution in [1.29, 1.82) is 0 Å². The van der Waals surface area contributed by atoms with Gasteiger partial charge in [0.25, 0.3) is 5.91 Å². The van der Waals surface area contributed by atoms with Gasteiger partial charge in [0.1, 0.15) is 5.58 Å². The van der Waals surface area contributed by atoms with Crippen LogP contribution in [0.5, 0.6) is 0 Å². The Kier molecular flexibility index (Phi) is 3.78. The van der Waals surface area contributed by atoms with Gasteiger partial charge in [-0.05, 0) is 35.7 Å².